The van der Waals surface area contributed by atoms with Crippen LogP contribution >= 0.6 is 0 Å². The molecule has 26 heavy (non-hydrogen) atoms. The summed E-state index contributed by atoms with van der Waals surface area (Å²) in [7, 11) is 0. The number of fused-ring (bicyclic) bond motifs is 1. The van der Waals surface area contributed by atoms with Crippen molar-refractivity contribution in [2.24, 2.45) is 0 Å². The van der Waals surface area contributed by atoms with Gasteiger partial charge in [-0.25, -0.2) is 4.79 Å². The van der Waals surface area contributed by atoms with Crippen molar-refractivity contribution in [2.75, 3.05) is 5.32 Å². The van der Waals surface area contributed by atoms with Crippen molar-refractivity contribution in [1.29, 1.82) is 0 Å². The molecule has 3 rings (SSSR count). The van der Waals surface area contributed by atoms with Crippen LogP contribution in [-0.4, -0.2) is 15.4 Å². The summed E-state index contributed by atoms with van der Waals surface area (Å²) in [5, 5.41) is 13.6. The Kier molecular flexibility index (Phi) is 4.83. The highest BCUT2D eigenvalue weighted by molar-refractivity contribution is 5.91. The van der Waals surface area contributed by atoms with E-state index >= 15 is 0 Å². The molecule has 0 bridgehead atoms. The Hall–Kier alpha value is -3.42. The predicted octanol–water partition coefficient (Wildman–Crippen LogP) is 3.23. The fraction of sp³-hybridized carbons (Fsp3) is 0.222. The molecule has 0 fully saturated rings. The highest BCUT2D eigenvalue weighted by Crippen LogP contribution is 2.20. The first-order valence-electron chi connectivity index (χ1n) is 8.09. The number of aromatic nitrogens is 1. The smallest absolute Gasteiger partial charge is 0.407 e. The highest BCUT2D eigenvalue weighted by Gasteiger charge is 2.14. The molecule has 0 atom stereocenters. The number of nitro benzene ring substituents is 1. The van der Waals surface area contributed by atoms with Gasteiger partial charge in [0.25, 0.3) is 5.69 Å². The van der Waals surface area contributed by atoms with Gasteiger partial charge >= 0.3 is 5.76 Å². The summed E-state index contributed by atoms with van der Waals surface area (Å²) in [6.07, 6.45) is 0.670. The molecule has 1 N–H and O–H groups in total. The number of para-hydroxylation sites is 1. The summed E-state index contributed by atoms with van der Waals surface area (Å²) in [4.78, 5) is 34.3. The molecule has 2 aromatic carbocycles. The Bertz CT molecular complexity index is 1030. The molecule has 0 radical (unpaired) electrons. The Morgan fingerprint density at radius 1 is 1.27 bits per heavy atom. The molecule has 8 heteroatoms. The molecule has 0 aliphatic heterocycles. The zero-order valence-electron chi connectivity index (χ0n) is 14.1. The number of amides is 1. The average Bonchev–Trinajstić information content (AvgIpc) is 2.91. The van der Waals surface area contributed by atoms with E-state index in [4.69, 9.17) is 4.42 Å². The first-order chi connectivity index (χ1) is 12.5. The second-order valence-electron chi connectivity index (χ2n) is 5.90. The van der Waals surface area contributed by atoms with Gasteiger partial charge in [-0.2, -0.15) is 0 Å². The number of carbonyl (C=O) groups excluding carboxylic acids is 1. The lowest BCUT2D eigenvalue weighted by atomic mass is 10.2. The maximum absolute atomic E-state index is 12.1. The van der Waals surface area contributed by atoms with Crippen LogP contribution in [0.1, 0.15) is 18.4 Å². The minimum Gasteiger partial charge on any atom is -0.407 e. The van der Waals surface area contributed by atoms with Crippen molar-refractivity contribution in [3.05, 3.63) is 68.7 Å². The summed E-state index contributed by atoms with van der Waals surface area (Å²) in [6.45, 7) is 2.19. The fourth-order valence-corrected chi connectivity index (χ4v) is 2.70. The number of rotatable bonds is 6. The van der Waals surface area contributed by atoms with Crippen LogP contribution in [0.15, 0.2) is 51.7 Å². The van der Waals surface area contributed by atoms with Gasteiger partial charge in [0.1, 0.15) is 0 Å². The minimum atomic E-state index is -0.597. The topological polar surface area (TPSA) is 107 Å². The third kappa shape index (κ3) is 3.64. The van der Waals surface area contributed by atoms with E-state index in [0.29, 0.717) is 11.9 Å². The van der Waals surface area contributed by atoms with Crippen molar-refractivity contribution in [3.8, 4) is 0 Å². The zero-order chi connectivity index (χ0) is 18.7. The lowest BCUT2D eigenvalue weighted by molar-refractivity contribution is -0.384. The highest BCUT2D eigenvalue weighted by atomic mass is 16.6. The van der Waals surface area contributed by atoms with Crippen molar-refractivity contribution in [2.45, 2.75) is 26.3 Å². The number of nitrogens with zero attached hydrogens (tertiary/aromatic N) is 2. The van der Waals surface area contributed by atoms with Crippen molar-refractivity contribution in [3.63, 3.8) is 0 Å². The lowest BCUT2D eigenvalue weighted by Gasteiger charge is -2.08. The van der Waals surface area contributed by atoms with Crippen molar-refractivity contribution >= 4 is 28.4 Å². The number of hydrogen-bond acceptors (Lipinski definition) is 5. The van der Waals surface area contributed by atoms with Crippen LogP contribution in [0.3, 0.4) is 0 Å². The molecule has 0 spiro atoms. The average molecular weight is 355 g/mol. The van der Waals surface area contributed by atoms with Crippen LogP contribution in [0.5, 0.6) is 0 Å². The van der Waals surface area contributed by atoms with E-state index in [2.05, 4.69) is 5.32 Å². The van der Waals surface area contributed by atoms with E-state index in [1.807, 2.05) is 31.2 Å². The van der Waals surface area contributed by atoms with Gasteiger partial charge in [0.05, 0.1) is 16.5 Å². The molecule has 0 saturated carbocycles. The second kappa shape index (κ2) is 7.22. The van der Waals surface area contributed by atoms with Gasteiger partial charge in [0, 0.05) is 24.7 Å². The first-order valence-corrected chi connectivity index (χ1v) is 8.09. The molecular weight excluding hydrogens is 338 g/mol. The monoisotopic (exact) mass is 355 g/mol. The molecule has 0 unspecified atom stereocenters. The maximum atomic E-state index is 12.1. The molecule has 0 aliphatic rings. The maximum Gasteiger partial charge on any atom is 0.419 e. The fourth-order valence-electron chi connectivity index (χ4n) is 2.70. The Morgan fingerprint density at radius 3 is 2.77 bits per heavy atom. The van der Waals surface area contributed by atoms with E-state index in [0.717, 1.165) is 11.3 Å². The third-order valence-corrected chi connectivity index (χ3v) is 4.07. The Balaban J connectivity index is 1.65. The van der Waals surface area contributed by atoms with Crippen LogP contribution < -0.4 is 11.1 Å². The molecule has 0 aliphatic carbocycles. The summed E-state index contributed by atoms with van der Waals surface area (Å²) in [5.41, 5.74) is 2.22. The van der Waals surface area contributed by atoms with E-state index < -0.39 is 10.7 Å². The summed E-state index contributed by atoms with van der Waals surface area (Å²) >= 11 is 0. The first kappa shape index (κ1) is 17.4. The van der Waals surface area contributed by atoms with Gasteiger partial charge in [-0.1, -0.05) is 18.2 Å². The van der Waals surface area contributed by atoms with Crippen molar-refractivity contribution < 1.29 is 14.1 Å². The van der Waals surface area contributed by atoms with Crippen LogP contribution in [0.4, 0.5) is 11.4 Å². The zero-order valence-corrected chi connectivity index (χ0v) is 14.1. The molecule has 1 aromatic heterocycles. The number of hydrogen-bond donors (Lipinski definition) is 1. The second-order valence-corrected chi connectivity index (χ2v) is 5.90. The van der Waals surface area contributed by atoms with Gasteiger partial charge in [-0.3, -0.25) is 19.5 Å². The van der Waals surface area contributed by atoms with E-state index in [9.17, 15) is 19.7 Å². The molecule has 1 heterocycles. The molecule has 1 amide bonds. The van der Waals surface area contributed by atoms with E-state index in [1.165, 1.54) is 22.8 Å². The molecule has 8 nitrogen and oxygen atoms in total. The standard InChI is InChI=1S/C18H17N3O5/c1-12-5-2-3-6-14(12)19-17(22)7-4-10-20-15-9-8-13(21(24)25)11-16(15)26-18(20)23/h2-3,5-6,8-9,11H,4,7,10H2,1H3,(H,19,22). The van der Waals surface area contributed by atoms with Gasteiger partial charge in [-0.15, -0.1) is 0 Å². The van der Waals surface area contributed by atoms with Crippen LogP contribution in [0.2, 0.25) is 0 Å². The van der Waals surface area contributed by atoms with Crippen LogP contribution in [0, 0.1) is 17.0 Å². The van der Waals surface area contributed by atoms with Gasteiger partial charge in [0.15, 0.2) is 5.58 Å². The minimum absolute atomic E-state index is 0.143. The summed E-state index contributed by atoms with van der Waals surface area (Å²) in [5.74, 6) is -0.740. The quantitative estimate of drug-likeness (QED) is 0.539. The number of non-ortho nitro benzene ring substituents is 1. The summed E-state index contributed by atoms with van der Waals surface area (Å²) < 4.78 is 6.44. The number of aryl methyl sites for hydroxylation is 2. The number of nitro groups is 1. The van der Waals surface area contributed by atoms with Gasteiger partial charge < -0.3 is 9.73 Å². The molecule has 0 saturated heterocycles. The SMILES string of the molecule is Cc1ccccc1NC(=O)CCCn1c(=O)oc2cc([N+](=O)[O-])ccc21. The number of benzene rings is 2. The normalized spacial score (nSPS) is 10.8. The Morgan fingerprint density at radius 2 is 2.04 bits per heavy atom. The van der Waals surface area contributed by atoms with Crippen molar-refractivity contribution in [1.82, 2.24) is 4.57 Å². The number of nitrogens with one attached hydrogen (secondary N) is 1. The van der Waals surface area contributed by atoms with Crippen LogP contribution in [0.25, 0.3) is 11.1 Å². The number of oxazole rings is 1. The molecule has 134 valence electrons. The van der Waals surface area contributed by atoms with Crippen LogP contribution in [-0.2, 0) is 11.3 Å². The molecule has 3 aromatic rings. The largest absolute Gasteiger partial charge is 0.419 e. The number of carbonyl (C=O) groups is 1. The predicted molar refractivity (Wildman–Crippen MR) is 96.2 cm³/mol. The van der Waals surface area contributed by atoms with Gasteiger partial charge in [0.2, 0.25) is 5.91 Å². The lowest BCUT2D eigenvalue weighted by Crippen LogP contribution is -2.17. The van der Waals surface area contributed by atoms with E-state index in [1.54, 1.807) is 0 Å². The third-order valence-electron chi connectivity index (χ3n) is 4.07. The summed E-state index contributed by atoms with van der Waals surface area (Å²) in [6, 6.07) is 11.5. The molecular formula is C18H17N3O5. The Labute approximate surface area is 148 Å². The van der Waals surface area contributed by atoms with E-state index in [-0.39, 0.29) is 30.1 Å². The number of anilines is 1. The van der Waals surface area contributed by atoms with Gasteiger partial charge in [-0.05, 0) is 31.0 Å².